The maximum atomic E-state index is 11.1. The van der Waals surface area contributed by atoms with Gasteiger partial charge in [-0.25, -0.2) is 9.48 Å². The fraction of sp³-hybridized carbons (Fsp3) is 0.286. The zero-order chi connectivity index (χ0) is 14.0. The van der Waals surface area contributed by atoms with Gasteiger partial charge in [-0.3, -0.25) is 0 Å². The highest BCUT2D eigenvalue weighted by Gasteiger charge is 2.16. The van der Waals surface area contributed by atoms with Crippen LogP contribution in [0.2, 0.25) is 0 Å². The number of carboxylic acids is 1. The van der Waals surface area contributed by atoms with Gasteiger partial charge in [0, 0.05) is 0 Å². The molecule has 0 atom stereocenters. The number of rotatable bonds is 4. The van der Waals surface area contributed by atoms with Crippen LogP contribution in [0.25, 0.3) is 5.69 Å². The highest BCUT2D eigenvalue weighted by molar-refractivity contribution is 5.88. The highest BCUT2D eigenvalue weighted by Crippen LogP contribution is 2.26. The molecule has 5 nitrogen and oxygen atoms in total. The second kappa shape index (κ2) is 5.14. The van der Waals surface area contributed by atoms with Gasteiger partial charge in [0.1, 0.15) is 17.0 Å². The second-order valence-electron chi connectivity index (χ2n) is 4.22. The summed E-state index contributed by atoms with van der Waals surface area (Å²) in [6, 6.07) is 5.82. The fourth-order valence-corrected chi connectivity index (χ4v) is 1.98. The topological polar surface area (TPSA) is 64.4 Å². The summed E-state index contributed by atoms with van der Waals surface area (Å²) < 4.78 is 6.91. The van der Waals surface area contributed by atoms with Gasteiger partial charge < -0.3 is 9.84 Å². The third-order valence-electron chi connectivity index (χ3n) is 3.12. The van der Waals surface area contributed by atoms with Gasteiger partial charge in [0.15, 0.2) is 0 Å². The molecule has 0 aliphatic heterocycles. The largest absolute Gasteiger partial charge is 0.494 e. The Morgan fingerprint density at radius 2 is 2.21 bits per heavy atom. The molecular formula is C14H16N2O3. The maximum absolute atomic E-state index is 11.1. The lowest BCUT2D eigenvalue weighted by atomic mass is 10.1. The lowest BCUT2D eigenvalue weighted by Crippen LogP contribution is -2.05. The van der Waals surface area contributed by atoms with Crippen molar-refractivity contribution in [3.63, 3.8) is 0 Å². The number of carboxylic acid groups (broad SMARTS) is 1. The Hall–Kier alpha value is -2.30. The third kappa shape index (κ3) is 2.31. The molecule has 0 saturated heterocycles. The van der Waals surface area contributed by atoms with E-state index in [2.05, 4.69) is 12.0 Å². The van der Waals surface area contributed by atoms with E-state index in [0.29, 0.717) is 11.4 Å². The van der Waals surface area contributed by atoms with E-state index in [1.165, 1.54) is 6.20 Å². The van der Waals surface area contributed by atoms with Crippen molar-refractivity contribution < 1.29 is 14.6 Å². The highest BCUT2D eigenvalue weighted by atomic mass is 16.5. The summed E-state index contributed by atoms with van der Waals surface area (Å²) in [7, 11) is 1.58. The number of aryl methyl sites for hydroxylation is 1. The van der Waals surface area contributed by atoms with Crippen molar-refractivity contribution in [1.82, 2.24) is 9.78 Å². The molecule has 2 rings (SSSR count). The van der Waals surface area contributed by atoms with Crippen molar-refractivity contribution in [2.24, 2.45) is 0 Å². The minimum Gasteiger partial charge on any atom is -0.494 e. The Bertz CT molecular complexity index is 617. The first-order valence-corrected chi connectivity index (χ1v) is 6.03. The molecule has 0 bridgehead atoms. The first-order valence-electron chi connectivity index (χ1n) is 6.03. The number of aromatic carboxylic acids is 1. The molecule has 0 radical (unpaired) electrons. The molecule has 100 valence electrons. The number of aromatic nitrogens is 2. The smallest absolute Gasteiger partial charge is 0.339 e. The molecule has 1 N–H and O–H groups in total. The molecule has 0 fully saturated rings. The van der Waals surface area contributed by atoms with Crippen molar-refractivity contribution in [2.45, 2.75) is 20.3 Å². The van der Waals surface area contributed by atoms with Gasteiger partial charge in [0.2, 0.25) is 0 Å². The zero-order valence-corrected chi connectivity index (χ0v) is 11.2. The second-order valence-corrected chi connectivity index (χ2v) is 4.22. The normalized spacial score (nSPS) is 10.5. The van der Waals surface area contributed by atoms with Crippen molar-refractivity contribution in [3.05, 3.63) is 41.2 Å². The van der Waals surface area contributed by atoms with E-state index < -0.39 is 5.97 Å². The molecule has 0 unspecified atom stereocenters. The Morgan fingerprint density at radius 3 is 2.74 bits per heavy atom. The van der Waals surface area contributed by atoms with E-state index in [1.807, 2.05) is 18.2 Å². The minimum atomic E-state index is -0.977. The Kier molecular flexibility index (Phi) is 3.55. The molecule has 1 heterocycles. The molecule has 0 aliphatic rings. The summed E-state index contributed by atoms with van der Waals surface area (Å²) in [6.07, 6.45) is 2.25. The van der Waals surface area contributed by atoms with Crippen LogP contribution >= 0.6 is 0 Å². The van der Waals surface area contributed by atoms with Crippen LogP contribution < -0.4 is 4.74 Å². The van der Waals surface area contributed by atoms with E-state index in [-0.39, 0.29) is 5.56 Å². The van der Waals surface area contributed by atoms with Crippen molar-refractivity contribution in [2.75, 3.05) is 7.11 Å². The summed E-state index contributed by atoms with van der Waals surface area (Å²) in [5, 5.41) is 13.2. The number of hydrogen-bond donors (Lipinski definition) is 1. The molecule has 19 heavy (non-hydrogen) atoms. The van der Waals surface area contributed by atoms with Crippen LogP contribution in [-0.4, -0.2) is 28.0 Å². The Labute approximate surface area is 111 Å². The monoisotopic (exact) mass is 260 g/mol. The molecule has 1 aromatic carbocycles. The van der Waals surface area contributed by atoms with Crippen LogP contribution in [0.1, 0.15) is 28.5 Å². The molecular weight excluding hydrogens is 244 g/mol. The molecule has 0 saturated carbocycles. The van der Waals surface area contributed by atoms with Crippen molar-refractivity contribution in [3.8, 4) is 11.4 Å². The molecule has 0 amide bonds. The van der Waals surface area contributed by atoms with Gasteiger partial charge in [-0.15, -0.1) is 0 Å². The van der Waals surface area contributed by atoms with Gasteiger partial charge in [-0.05, 0) is 31.0 Å². The zero-order valence-electron chi connectivity index (χ0n) is 11.2. The van der Waals surface area contributed by atoms with Crippen LogP contribution in [-0.2, 0) is 6.42 Å². The molecule has 5 heteroatoms. The predicted octanol–water partition coefficient (Wildman–Crippen LogP) is 2.45. The fourth-order valence-electron chi connectivity index (χ4n) is 1.98. The van der Waals surface area contributed by atoms with Gasteiger partial charge in [0.25, 0.3) is 0 Å². The molecule has 0 aliphatic carbocycles. The first-order chi connectivity index (χ1) is 9.08. The SMILES string of the molecule is CCc1ccc(OC)c(-n2ncc(C(=O)O)c2C)c1. The van der Waals surface area contributed by atoms with Crippen LogP contribution in [0, 0.1) is 6.92 Å². The van der Waals surface area contributed by atoms with Crippen LogP contribution in [0.5, 0.6) is 5.75 Å². The number of ether oxygens (including phenoxy) is 1. The molecule has 1 aromatic heterocycles. The van der Waals surface area contributed by atoms with Crippen molar-refractivity contribution >= 4 is 5.97 Å². The van der Waals surface area contributed by atoms with Gasteiger partial charge in [0.05, 0.1) is 19.0 Å². The number of nitrogens with zero attached hydrogens (tertiary/aromatic N) is 2. The summed E-state index contributed by atoms with van der Waals surface area (Å²) in [4.78, 5) is 11.1. The van der Waals surface area contributed by atoms with Gasteiger partial charge in [-0.1, -0.05) is 13.0 Å². The average Bonchev–Trinajstić information content (AvgIpc) is 2.79. The predicted molar refractivity (Wildman–Crippen MR) is 71.2 cm³/mol. The molecule has 2 aromatic rings. The summed E-state index contributed by atoms with van der Waals surface area (Å²) in [5.41, 5.74) is 2.68. The quantitative estimate of drug-likeness (QED) is 0.917. The van der Waals surface area contributed by atoms with Crippen molar-refractivity contribution in [1.29, 1.82) is 0 Å². The number of methoxy groups -OCH3 is 1. The molecule has 0 spiro atoms. The van der Waals surface area contributed by atoms with E-state index in [9.17, 15) is 4.79 Å². The maximum Gasteiger partial charge on any atom is 0.339 e. The summed E-state index contributed by atoms with van der Waals surface area (Å²) >= 11 is 0. The van der Waals surface area contributed by atoms with E-state index in [0.717, 1.165) is 17.7 Å². The average molecular weight is 260 g/mol. The van der Waals surface area contributed by atoms with E-state index in [4.69, 9.17) is 9.84 Å². The summed E-state index contributed by atoms with van der Waals surface area (Å²) in [6.45, 7) is 3.79. The third-order valence-corrected chi connectivity index (χ3v) is 3.12. The first kappa shape index (κ1) is 13.1. The van der Waals surface area contributed by atoms with Crippen LogP contribution in [0.4, 0.5) is 0 Å². The van der Waals surface area contributed by atoms with Crippen LogP contribution in [0.3, 0.4) is 0 Å². The van der Waals surface area contributed by atoms with Gasteiger partial charge in [-0.2, -0.15) is 5.10 Å². The minimum absolute atomic E-state index is 0.198. The van der Waals surface area contributed by atoms with Crippen LogP contribution in [0.15, 0.2) is 24.4 Å². The van der Waals surface area contributed by atoms with Gasteiger partial charge >= 0.3 is 5.97 Å². The lowest BCUT2D eigenvalue weighted by Gasteiger charge is -2.11. The Morgan fingerprint density at radius 1 is 1.47 bits per heavy atom. The summed E-state index contributed by atoms with van der Waals surface area (Å²) in [5.74, 6) is -0.310. The number of hydrogen-bond acceptors (Lipinski definition) is 3. The van der Waals surface area contributed by atoms with E-state index >= 15 is 0 Å². The van der Waals surface area contributed by atoms with E-state index in [1.54, 1.807) is 18.7 Å². The Balaban J connectivity index is 2.60. The number of benzene rings is 1. The standard InChI is InChI=1S/C14H16N2O3/c1-4-10-5-6-13(19-3)12(7-10)16-9(2)11(8-15-16)14(17)18/h5-8H,4H2,1-3H3,(H,17,18). The lowest BCUT2D eigenvalue weighted by molar-refractivity contribution is 0.0696. The number of carbonyl (C=O) groups is 1.